The number of rotatable bonds is 1. The fraction of sp³-hybridized carbons (Fsp3) is 0.111. The summed E-state index contributed by atoms with van der Waals surface area (Å²) in [6.07, 6.45) is 1.41. The summed E-state index contributed by atoms with van der Waals surface area (Å²) in [6.45, 7) is 0. The van der Waals surface area contributed by atoms with Crippen molar-refractivity contribution >= 4 is 18.9 Å². The van der Waals surface area contributed by atoms with Gasteiger partial charge in [0.05, 0.1) is 17.5 Å². The highest BCUT2D eigenvalue weighted by molar-refractivity contribution is 7.80. The third-order valence-electron chi connectivity index (χ3n) is 1.31. The largest absolute Gasteiger partial charge is 0.298 e. The first-order valence-electron chi connectivity index (χ1n) is 3.48. The average Bonchev–Trinajstić information content (AvgIpc) is 2.16. The summed E-state index contributed by atoms with van der Waals surface area (Å²) < 4.78 is 12.7. The van der Waals surface area contributed by atoms with Crippen LogP contribution in [0.5, 0.6) is 0 Å². The van der Waals surface area contributed by atoms with Crippen LogP contribution in [0.1, 0.15) is 16.1 Å². The summed E-state index contributed by atoms with van der Waals surface area (Å²) in [5, 5.41) is 0. The van der Waals surface area contributed by atoms with Crippen molar-refractivity contribution in [1.29, 1.82) is 0 Å². The van der Waals surface area contributed by atoms with Crippen molar-refractivity contribution in [3.8, 4) is 11.8 Å². The SMILES string of the molecule is O=Cc1cc(C#CCS)ncc1F. The molecule has 0 bridgehead atoms. The molecule has 0 spiro atoms. The summed E-state index contributed by atoms with van der Waals surface area (Å²) in [5.41, 5.74) is 0.344. The van der Waals surface area contributed by atoms with E-state index in [9.17, 15) is 9.18 Å². The third-order valence-corrected chi connectivity index (χ3v) is 1.47. The van der Waals surface area contributed by atoms with Crippen molar-refractivity contribution in [2.45, 2.75) is 0 Å². The normalized spacial score (nSPS) is 8.77. The second kappa shape index (κ2) is 4.63. The van der Waals surface area contributed by atoms with Gasteiger partial charge in [-0.1, -0.05) is 5.92 Å². The standard InChI is InChI=1S/C9H6FNOS/c10-9-5-11-8(2-1-3-13)4-7(9)6-12/h4-6,13H,3H2. The van der Waals surface area contributed by atoms with E-state index in [2.05, 4.69) is 29.5 Å². The van der Waals surface area contributed by atoms with Crippen molar-refractivity contribution in [3.05, 3.63) is 29.3 Å². The minimum Gasteiger partial charge on any atom is -0.298 e. The summed E-state index contributed by atoms with van der Waals surface area (Å²) in [5.74, 6) is 5.05. The van der Waals surface area contributed by atoms with E-state index in [4.69, 9.17) is 0 Å². The minimum absolute atomic E-state index is 0.0292. The van der Waals surface area contributed by atoms with Crippen LogP contribution in [0.3, 0.4) is 0 Å². The molecule has 0 radical (unpaired) electrons. The fourth-order valence-corrected chi connectivity index (χ4v) is 0.822. The number of aromatic nitrogens is 1. The van der Waals surface area contributed by atoms with Crippen molar-refractivity contribution < 1.29 is 9.18 Å². The fourth-order valence-electron chi connectivity index (χ4n) is 0.743. The number of nitrogens with zero attached hydrogens (tertiary/aromatic N) is 1. The maximum absolute atomic E-state index is 12.7. The van der Waals surface area contributed by atoms with Crippen molar-refractivity contribution in [1.82, 2.24) is 4.98 Å². The molecular weight excluding hydrogens is 189 g/mol. The molecule has 0 amide bonds. The van der Waals surface area contributed by atoms with Crippen LogP contribution in [-0.4, -0.2) is 17.0 Å². The molecule has 1 rings (SSSR count). The third kappa shape index (κ3) is 2.56. The average molecular weight is 195 g/mol. The molecule has 13 heavy (non-hydrogen) atoms. The molecule has 0 fully saturated rings. The van der Waals surface area contributed by atoms with E-state index in [0.717, 1.165) is 6.20 Å². The lowest BCUT2D eigenvalue weighted by molar-refractivity contribution is 0.111. The highest BCUT2D eigenvalue weighted by Gasteiger charge is 2.01. The van der Waals surface area contributed by atoms with Gasteiger partial charge in [-0.2, -0.15) is 12.6 Å². The van der Waals surface area contributed by atoms with Gasteiger partial charge in [0, 0.05) is 0 Å². The van der Waals surface area contributed by atoms with Gasteiger partial charge in [-0.3, -0.25) is 4.79 Å². The molecule has 0 unspecified atom stereocenters. The molecule has 0 aliphatic heterocycles. The van der Waals surface area contributed by atoms with Crippen LogP contribution in [0.2, 0.25) is 0 Å². The van der Waals surface area contributed by atoms with E-state index in [-0.39, 0.29) is 5.56 Å². The van der Waals surface area contributed by atoms with E-state index >= 15 is 0 Å². The Morgan fingerprint density at radius 1 is 1.69 bits per heavy atom. The van der Waals surface area contributed by atoms with Crippen LogP contribution in [0.15, 0.2) is 12.3 Å². The Kier molecular flexibility index (Phi) is 3.47. The number of pyridine rings is 1. The van der Waals surface area contributed by atoms with Gasteiger partial charge in [0.15, 0.2) is 12.1 Å². The zero-order chi connectivity index (χ0) is 9.68. The molecule has 1 aromatic heterocycles. The van der Waals surface area contributed by atoms with Crippen LogP contribution >= 0.6 is 12.6 Å². The second-order valence-corrected chi connectivity index (χ2v) is 2.49. The van der Waals surface area contributed by atoms with E-state index < -0.39 is 5.82 Å². The predicted octanol–water partition coefficient (Wildman–Crippen LogP) is 1.31. The molecule has 0 saturated heterocycles. The molecule has 0 N–H and O–H groups in total. The molecule has 1 heterocycles. The zero-order valence-corrected chi connectivity index (χ0v) is 7.51. The lowest BCUT2D eigenvalue weighted by Crippen LogP contribution is -1.92. The number of carbonyl (C=O) groups excluding carboxylic acids is 1. The Bertz CT molecular complexity index is 381. The molecule has 2 nitrogen and oxygen atoms in total. The Labute approximate surface area is 80.6 Å². The van der Waals surface area contributed by atoms with Gasteiger partial charge in [-0.05, 0) is 12.0 Å². The van der Waals surface area contributed by atoms with Crippen LogP contribution < -0.4 is 0 Å². The van der Waals surface area contributed by atoms with Gasteiger partial charge in [0.1, 0.15) is 5.69 Å². The first-order valence-corrected chi connectivity index (χ1v) is 4.11. The quantitative estimate of drug-likeness (QED) is 0.416. The monoisotopic (exact) mass is 195 g/mol. The lowest BCUT2D eigenvalue weighted by atomic mass is 10.2. The van der Waals surface area contributed by atoms with Crippen LogP contribution in [0, 0.1) is 17.7 Å². The Morgan fingerprint density at radius 3 is 3.08 bits per heavy atom. The molecule has 0 aliphatic carbocycles. The van der Waals surface area contributed by atoms with E-state index in [1.165, 1.54) is 6.07 Å². The van der Waals surface area contributed by atoms with Gasteiger partial charge < -0.3 is 0 Å². The molecule has 0 aromatic carbocycles. The highest BCUT2D eigenvalue weighted by Crippen LogP contribution is 2.03. The van der Waals surface area contributed by atoms with Gasteiger partial charge in [-0.15, -0.1) is 0 Å². The molecular formula is C9H6FNOS. The van der Waals surface area contributed by atoms with Crippen LogP contribution in [0.25, 0.3) is 0 Å². The molecule has 0 atom stereocenters. The summed E-state index contributed by atoms with van der Waals surface area (Å²) in [7, 11) is 0. The molecule has 66 valence electrons. The van der Waals surface area contributed by atoms with E-state index in [1.54, 1.807) is 0 Å². The number of aldehydes is 1. The van der Waals surface area contributed by atoms with Crippen LogP contribution in [-0.2, 0) is 0 Å². The van der Waals surface area contributed by atoms with Crippen molar-refractivity contribution in [3.63, 3.8) is 0 Å². The van der Waals surface area contributed by atoms with E-state index in [1.807, 2.05) is 0 Å². The Hall–Kier alpha value is -1.34. The summed E-state index contributed by atoms with van der Waals surface area (Å²) in [4.78, 5) is 14.0. The number of thiol groups is 1. The zero-order valence-electron chi connectivity index (χ0n) is 6.62. The maximum atomic E-state index is 12.7. The van der Waals surface area contributed by atoms with Crippen molar-refractivity contribution in [2.24, 2.45) is 0 Å². The highest BCUT2D eigenvalue weighted by atomic mass is 32.1. The molecule has 0 aliphatic rings. The summed E-state index contributed by atoms with van der Waals surface area (Å²) >= 11 is 3.87. The topological polar surface area (TPSA) is 30.0 Å². The number of hydrogen-bond acceptors (Lipinski definition) is 3. The van der Waals surface area contributed by atoms with Gasteiger partial charge in [-0.25, -0.2) is 9.37 Å². The summed E-state index contributed by atoms with van der Waals surface area (Å²) in [6, 6.07) is 1.30. The van der Waals surface area contributed by atoms with Gasteiger partial charge >= 0.3 is 0 Å². The van der Waals surface area contributed by atoms with Crippen LogP contribution in [0.4, 0.5) is 4.39 Å². The Morgan fingerprint density at radius 2 is 2.46 bits per heavy atom. The van der Waals surface area contributed by atoms with Gasteiger partial charge in [0.2, 0.25) is 0 Å². The molecule has 0 saturated carbocycles. The second-order valence-electron chi connectivity index (χ2n) is 2.17. The molecule has 1 aromatic rings. The first-order chi connectivity index (χ1) is 6.27. The van der Waals surface area contributed by atoms with E-state index in [0.29, 0.717) is 17.7 Å². The number of hydrogen-bond donors (Lipinski definition) is 1. The number of carbonyl (C=O) groups is 1. The predicted molar refractivity (Wildman–Crippen MR) is 50.3 cm³/mol. The number of halogens is 1. The Balaban J connectivity index is 3.06. The smallest absolute Gasteiger partial charge is 0.153 e. The van der Waals surface area contributed by atoms with Crippen molar-refractivity contribution in [2.75, 3.05) is 5.75 Å². The maximum Gasteiger partial charge on any atom is 0.153 e. The minimum atomic E-state index is -0.633. The molecule has 4 heteroatoms. The van der Waals surface area contributed by atoms with Gasteiger partial charge in [0.25, 0.3) is 0 Å². The lowest BCUT2D eigenvalue weighted by Gasteiger charge is -1.93. The first kappa shape index (κ1) is 9.75.